The zero-order valence-corrected chi connectivity index (χ0v) is 17.7. The number of rotatable bonds is 2. The summed E-state index contributed by atoms with van der Waals surface area (Å²) in [6.45, 7) is 0. The molecule has 1 aromatic carbocycles. The van der Waals surface area contributed by atoms with Crippen LogP contribution in [0.2, 0.25) is 0 Å². The van der Waals surface area contributed by atoms with Gasteiger partial charge in [0.25, 0.3) is 0 Å². The smallest absolute Gasteiger partial charge is 0.114 e. The summed E-state index contributed by atoms with van der Waals surface area (Å²) < 4.78 is 0. The van der Waals surface area contributed by atoms with Crippen molar-refractivity contribution in [1.29, 1.82) is 0 Å². The Hall–Kier alpha value is -4.08. The molecule has 0 bridgehead atoms. The van der Waals surface area contributed by atoms with Gasteiger partial charge in [-0.05, 0) is 46.6 Å². The van der Waals surface area contributed by atoms with Crippen LogP contribution >= 0.6 is 0 Å². The minimum atomic E-state index is 0.961. The summed E-state index contributed by atoms with van der Waals surface area (Å²) in [5.41, 5.74) is 21.3. The summed E-state index contributed by atoms with van der Waals surface area (Å²) in [5.74, 6) is 1.35. The Morgan fingerprint density at radius 1 is 0.844 bits per heavy atom. The third kappa shape index (κ3) is 2.65. The molecule has 7 rings (SSSR count). The molecule has 1 aromatic rings. The van der Waals surface area contributed by atoms with Crippen molar-refractivity contribution in [2.45, 2.75) is 12.8 Å². The van der Waals surface area contributed by atoms with E-state index in [-0.39, 0.29) is 0 Å². The summed E-state index contributed by atoms with van der Waals surface area (Å²) >= 11 is 0. The van der Waals surface area contributed by atoms with E-state index in [0.717, 1.165) is 12.8 Å². The van der Waals surface area contributed by atoms with E-state index in [1.165, 1.54) is 67.2 Å². The normalized spacial score (nSPS) is 21.4. The quantitative estimate of drug-likeness (QED) is 0.355. The van der Waals surface area contributed by atoms with Crippen molar-refractivity contribution >= 4 is 11.1 Å². The molecule has 0 nitrogen and oxygen atoms in total. The van der Waals surface area contributed by atoms with E-state index in [9.17, 15) is 0 Å². The van der Waals surface area contributed by atoms with Crippen LogP contribution in [0.25, 0.3) is 11.1 Å². The van der Waals surface area contributed by atoms with Gasteiger partial charge in [-0.2, -0.15) is 0 Å². The first-order valence-corrected chi connectivity index (χ1v) is 11.2. The fraction of sp³-hybridized carbons (Fsp3) is 0.0625. The van der Waals surface area contributed by atoms with E-state index in [2.05, 4.69) is 109 Å². The zero-order valence-electron chi connectivity index (χ0n) is 17.7. The molecule has 0 saturated heterocycles. The van der Waals surface area contributed by atoms with Gasteiger partial charge in [0.2, 0.25) is 0 Å². The van der Waals surface area contributed by atoms with Crippen molar-refractivity contribution in [1.82, 2.24) is 0 Å². The molecule has 0 N–H and O–H groups in total. The Balaban J connectivity index is 1.29. The van der Waals surface area contributed by atoms with E-state index in [0.29, 0.717) is 0 Å². The van der Waals surface area contributed by atoms with Gasteiger partial charge in [0.1, 0.15) is 5.57 Å². The molecule has 0 heterocycles. The number of benzene rings is 1. The van der Waals surface area contributed by atoms with E-state index < -0.39 is 0 Å². The lowest BCUT2D eigenvalue weighted by molar-refractivity contribution is 1.08. The van der Waals surface area contributed by atoms with Crippen molar-refractivity contribution in [2.24, 2.45) is 0 Å². The summed E-state index contributed by atoms with van der Waals surface area (Å²) in [5, 5.41) is 0. The molecule has 0 saturated carbocycles. The second-order valence-electron chi connectivity index (χ2n) is 8.82. The van der Waals surface area contributed by atoms with Crippen LogP contribution in [0.15, 0.2) is 142 Å². The Morgan fingerprint density at radius 3 is 2.66 bits per heavy atom. The first-order valence-electron chi connectivity index (χ1n) is 11.2. The summed E-state index contributed by atoms with van der Waals surface area (Å²) in [6, 6.07) is 9.08. The number of hydrogen-bond acceptors (Lipinski definition) is 0. The molecule has 0 fully saturated rings. The van der Waals surface area contributed by atoms with Crippen molar-refractivity contribution in [3.63, 3.8) is 0 Å². The van der Waals surface area contributed by atoms with Crippen LogP contribution < -0.4 is 0 Å². The minimum absolute atomic E-state index is 0.961. The van der Waals surface area contributed by atoms with Crippen LogP contribution in [0.3, 0.4) is 0 Å². The maximum Gasteiger partial charge on any atom is 0.114 e. The van der Waals surface area contributed by atoms with Crippen molar-refractivity contribution in [3.8, 4) is 0 Å². The SMILES string of the molecule is C1=CC=C2CC(c3cccc(C4=CC5=CC=CC6=C=CC=C(C4)[C+]65)c3)=CC3=C2C=1[CH-]C=C3. The Morgan fingerprint density at radius 2 is 1.72 bits per heavy atom. The molecule has 0 radical (unpaired) electrons. The monoisotopic (exact) mass is 404 g/mol. The molecule has 0 heteroatoms. The molecular formula is C32H20. The summed E-state index contributed by atoms with van der Waals surface area (Å²) in [6.07, 6.45) is 28.3. The molecule has 6 aliphatic carbocycles. The topological polar surface area (TPSA) is 0 Å². The predicted octanol–water partition coefficient (Wildman–Crippen LogP) is 7.45. The van der Waals surface area contributed by atoms with Gasteiger partial charge in [-0.3, -0.25) is 0 Å². The van der Waals surface area contributed by atoms with Crippen LogP contribution in [0, 0.1) is 12.3 Å². The lowest BCUT2D eigenvalue weighted by Crippen LogP contribution is -2.15. The summed E-state index contributed by atoms with van der Waals surface area (Å²) in [4.78, 5) is 0. The summed E-state index contributed by atoms with van der Waals surface area (Å²) in [7, 11) is 0. The molecule has 0 unspecified atom stereocenters. The molecule has 0 amide bonds. The van der Waals surface area contributed by atoms with Gasteiger partial charge >= 0.3 is 0 Å². The first kappa shape index (κ1) is 17.6. The van der Waals surface area contributed by atoms with Crippen molar-refractivity contribution in [3.05, 3.63) is 165 Å². The third-order valence-corrected chi connectivity index (χ3v) is 6.91. The second-order valence-corrected chi connectivity index (χ2v) is 8.82. The van der Waals surface area contributed by atoms with Crippen LogP contribution in [0.1, 0.15) is 24.0 Å². The standard InChI is InChI=1S/C32H20/c1-6-21-7-2-13-26-18-29(17-25(12-1)31(21)26)23-10-5-11-24(16-23)30-19-27-14-3-8-22-9-4-15-28(20-30)32(22)27/h1-6,8,10-17,19H,18,20H2. The molecule has 0 aliphatic heterocycles. The fourth-order valence-corrected chi connectivity index (χ4v) is 5.44. The zero-order chi connectivity index (χ0) is 21.1. The predicted molar refractivity (Wildman–Crippen MR) is 132 cm³/mol. The lowest BCUT2D eigenvalue weighted by atomic mass is 9.72. The first-order chi connectivity index (χ1) is 15.8. The molecule has 6 aliphatic rings. The average Bonchev–Trinajstić information content (AvgIpc) is 2.85. The lowest BCUT2D eigenvalue weighted by Gasteiger charge is -2.33. The Kier molecular flexibility index (Phi) is 3.69. The van der Waals surface area contributed by atoms with E-state index in [1.807, 2.05) is 0 Å². The van der Waals surface area contributed by atoms with E-state index in [4.69, 9.17) is 0 Å². The molecule has 0 spiro atoms. The molecule has 148 valence electrons. The highest BCUT2D eigenvalue weighted by Gasteiger charge is 2.35. The van der Waals surface area contributed by atoms with Gasteiger partial charge in [-0.1, -0.05) is 53.1 Å². The highest BCUT2D eigenvalue weighted by molar-refractivity contribution is 5.85. The van der Waals surface area contributed by atoms with Gasteiger partial charge in [0.15, 0.2) is 0 Å². The van der Waals surface area contributed by atoms with E-state index in [1.54, 1.807) is 0 Å². The highest BCUT2D eigenvalue weighted by atomic mass is 14.3. The third-order valence-electron chi connectivity index (χ3n) is 6.91. The second kappa shape index (κ2) is 6.71. The van der Waals surface area contributed by atoms with Crippen LogP contribution in [-0.4, -0.2) is 0 Å². The van der Waals surface area contributed by atoms with Gasteiger partial charge in [0.05, 0.1) is 11.5 Å². The highest BCUT2D eigenvalue weighted by Crippen LogP contribution is 2.46. The van der Waals surface area contributed by atoms with Crippen molar-refractivity contribution < 1.29 is 0 Å². The van der Waals surface area contributed by atoms with Crippen molar-refractivity contribution in [2.75, 3.05) is 0 Å². The Bertz CT molecular complexity index is 1480. The number of hydrogen-bond donors (Lipinski definition) is 0. The van der Waals surface area contributed by atoms with Gasteiger partial charge in [-0.25, -0.2) is 5.73 Å². The largest absolute Gasteiger partial charge is 0.234 e. The molecular weight excluding hydrogens is 384 g/mol. The fourth-order valence-electron chi connectivity index (χ4n) is 5.44. The maximum atomic E-state index is 3.38. The minimum Gasteiger partial charge on any atom is -0.234 e. The van der Waals surface area contributed by atoms with Gasteiger partial charge < -0.3 is 0 Å². The van der Waals surface area contributed by atoms with E-state index >= 15 is 0 Å². The van der Waals surface area contributed by atoms with Gasteiger partial charge in [-0.15, -0.1) is 24.1 Å². The van der Waals surface area contributed by atoms with Crippen LogP contribution in [0.5, 0.6) is 0 Å². The molecule has 0 atom stereocenters. The Labute approximate surface area is 189 Å². The average molecular weight is 405 g/mol. The number of allylic oxidation sites excluding steroid dienone is 18. The molecule has 32 heavy (non-hydrogen) atoms. The van der Waals surface area contributed by atoms with Crippen LogP contribution in [0.4, 0.5) is 0 Å². The van der Waals surface area contributed by atoms with Gasteiger partial charge in [0, 0.05) is 42.4 Å². The molecule has 0 aromatic heterocycles. The maximum absolute atomic E-state index is 3.38. The van der Waals surface area contributed by atoms with Crippen LogP contribution in [-0.2, 0) is 0 Å².